The van der Waals surface area contributed by atoms with Crippen LogP contribution >= 0.6 is 11.3 Å². The molecule has 57 heavy (non-hydrogen) atoms. The molecule has 0 fully saturated rings. The molecule has 1 aliphatic heterocycles. The van der Waals surface area contributed by atoms with Crippen LogP contribution in [-0.2, 0) is 0 Å². The average molecular weight is 749 g/mol. The molecule has 10 aromatic rings. The molecule has 1 aliphatic carbocycles. The molecule has 2 atom stereocenters. The number of hydrogen-bond donors (Lipinski definition) is 0. The van der Waals surface area contributed by atoms with Crippen LogP contribution in [0.4, 0.5) is 11.4 Å². The molecule has 0 spiro atoms. The van der Waals surface area contributed by atoms with E-state index in [-0.39, 0.29) is 12.0 Å². The van der Waals surface area contributed by atoms with Gasteiger partial charge < -0.3 is 9.32 Å². The number of anilines is 2. The minimum atomic E-state index is 0.229. The minimum Gasteiger partial charge on any atom is -0.455 e. The first-order chi connectivity index (χ1) is 28.3. The van der Waals surface area contributed by atoms with Crippen LogP contribution in [0.1, 0.15) is 11.5 Å². The summed E-state index contributed by atoms with van der Waals surface area (Å²) in [6.07, 6.45) is 9.01. The molecular formula is C51H32N4OS. The van der Waals surface area contributed by atoms with E-state index in [1.165, 1.54) is 32.4 Å². The fourth-order valence-electron chi connectivity index (χ4n) is 8.92. The number of benzene rings is 7. The lowest BCUT2D eigenvalue weighted by Gasteiger charge is -2.28. The highest BCUT2D eigenvalue weighted by Gasteiger charge is 2.37. The zero-order valence-electron chi connectivity index (χ0n) is 30.6. The number of rotatable bonds is 5. The van der Waals surface area contributed by atoms with Gasteiger partial charge in [0.05, 0.1) is 11.6 Å². The molecule has 0 saturated carbocycles. The molecule has 5 nitrogen and oxygen atoms in total. The Morgan fingerprint density at radius 3 is 2.09 bits per heavy atom. The van der Waals surface area contributed by atoms with Crippen molar-refractivity contribution in [2.45, 2.75) is 12.0 Å². The van der Waals surface area contributed by atoms with E-state index < -0.39 is 0 Å². The molecular weight excluding hydrogens is 717 g/mol. The first-order valence-corrected chi connectivity index (χ1v) is 20.1. The third-order valence-corrected chi connectivity index (χ3v) is 12.7. The van der Waals surface area contributed by atoms with Crippen LogP contribution < -0.4 is 4.90 Å². The van der Waals surface area contributed by atoms with Gasteiger partial charge in [0.15, 0.2) is 17.5 Å². The summed E-state index contributed by atoms with van der Waals surface area (Å²) in [6.45, 7) is 0. The van der Waals surface area contributed by atoms with Crippen molar-refractivity contribution < 1.29 is 4.42 Å². The topological polar surface area (TPSA) is 55.1 Å². The maximum absolute atomic E-state index is 6.83. The second kappa shape index (κ2) is 12.7. The number of nitrogens with zero attached hydrogens (tertiary/aromatic N) is 4. The molecule has 0 saturated heterocycles. The number of thiophene rings is 1. The minimum absolute atomic E-state index is 0.229. The maximum Gasteiger partial charge on any atom is 0.167 e. The lowest BCUT2D eigenvalue weighted by Crippen LogP contribution is -2.28. The average Bonchev–Trinajstić information content (AvgIpc) is 3.96. The monoisotopic (exact) mass is 748 g/mol. The molecule has 6 heteroatoms. The van der Waals surface area contributed by atoms with E-state index >= 15 is 0 Å². The standard InChI is InChI=1S/C51H32N4OS/c1-3-14-31(15-4-1)49-52-50(54-51(53-49)40-24-11-21-37-36-19-8-10-27-45(36)57-48(37)40)39-23-12-22-38-46-34(20-13-26-44(46)56-47(38)39)32-28-29-43-41(30-32)35-18-7-9-25-42(35)55(43)33-16-5-2-6-17-33/h1-30,35,42H. The lowest BCUT2D eigenvalue weighted by atomic mass is 9.89. The summed E-state index contributed by atoms with van der Waals surface area (Å²) in [5.74, 6) is 2.09. The van der Waals surface area contributed by atoms with E-state index in [9.17, 15) is 0 Å². The first kappa shape index (κ1) is 32.1. The predicted octanol–water partition coefficient (Wildman–Crippen LogP) is 13.5. The molecule has 268 valence electrons. The largest absolute Gasteiger partial charge is 0.455 e. The number of furan rings is 1. The summed E-state index contributed by atoms with van der Waals surface area (Å²) >= 11 is 1.78. The molecule has 12 rings (SSSR count). The highest BCUT2D eigenvalue weighted by molar-refractivity contribution is 7.26. The van der Waals surface area contributed by atoms with Crippen molar-refractivity contribution >= 4 is 64.8 Å². The highest BCUT2D eigenvalue weighted by Crippen LogP contribution is 2.50. The van der Waals surface area contributed by atoms with E-state index in [0.717, 1.165) is 54.5 Å². The second-order valence-electron chi connectivity index (χ2n) is 14.7. The van der Waals surface area contributed by atoms with Gasteiger partial charge in [-0.05, 0) is 65.2 Å². The Morgan fingerprint density at radius 2 is 1.21 bits per heavy atom. The second-order valence-corrected chi connectivity index (χ2v) is 15.7. The predicted molar refractivity (Wildman–Crippen MR) is 235 cm³/mol. The number of aromatic nitrogens is 3. The number of allylic oxidation sites excluding steroid dienone is 2. The van der Waals surface area contributed by atoms with Crippen LogP contribution in [0.2, 0.25) is 0 Å². The fourth-order valence-corrected chi connectivity index (χ4v) is 10.1. The Hall–Kier alpha value is -7.15. The van der Waals surface area contributed by atoms with E-state index in [1.807, 2.05) is 30.3 Å². The van der Waals surface area contributed by atoms with Crippen molar-refractivity contribution in [3.8, 4) is 45.3 Å². The molecule has 3 aromatic heterocycles. The van der Waals surface area contributed by atoms with E-state index in [2.05, 4.69) is 157 Å². The quantitative estimate of drug-likeness (QED) is 0.175. The summed E-state index contributed by atoms with van der Waals surface area (Å²) in [4.78, 5) is 18.0. The van der Waals surface area contributed by atoms with E-state index in [4.69, 9.17) is 19.4 Å². The molecule has 7 aromatic carbocycles. The van der Waals surface area contributed by atoms with Crippen molar-refractivity contribution in [1.82, 2.24) is 15.0 Å². The van der Waals surface area contributed by atoms with Crippen LogP contribution in [0.15, 0.2) is 186 Å². The van der Waals surface area contributed by atoms with E-state index in [1.54, 1.807) is 11.3 Å². The van der Waals surface area contributed by atoms with Gasteiger partial charge in [-0.2, -0.15) is 0 Å². The van der Waals surface area contributed by atoms with Crippen molar-refractivity contribution in [2.24, 2.45) is 0 Å². The summed E-state index contributed by atoms with van der Waals surface area (Å²) in [6, 6.07) is 55.7. The number of hydrogen-bond acceptors (Lipinski definition) is 6. The summed E-state index contributed by atoms with van der Waals surface area (Å²) < 4.78 is 9.23. The van der Waals surface area contributed by atoms with Crippen LogP contribution in [0.3, 0.4) is 0 Å². The summed E-state index contributed by atoms with van der Waals surface area (Å²) in [5, 5.41) is 4.55. The number of para-hydroxylation sites is 2. The van der Waals surface area contributed by atoms with Crippen molar-refractivity contribution in [1.29, 1.82) is 0 Å². The molecule has 0 N–H and O–H groups in total. The SMILES string of the molecule is C1=CC2c3cc(-c4cccc5oc6c(-c7nc(-c8ccccc8)nc(-c8cccc9c8sc8ccccc89)n7)cccc6c45)ccc3N(c3ccccc3)C2C=C1. The van der Waals surface area contributed by atoms with Crippen molar-refractivity contribution in [3.05, 3.63) is 188 Å². The number of fused-ring (bicyclic) bond motifs is 9. The fraction of sp³-hybridized carbons (Fsp3) is 0.0392. The van der Waals surface area contributed by atoms with Crippen molar-refractivity contribution in [3.63, 3.8) is 0 Å². The normalized spacial score (nSPS) is 15.9. The van der Waals surface area contributed by atoms with Gasteiger partial charge in [0.2, 0.25) is 0 Å². The third-order valence-electron chi connectivity index (χ3n) is 11.5. The molecule has 0 radical (unpaired) electrons. The van der Waals surface area contributed by atoms with Gasteiger partial charge in [-0.15, -0.1) is 11.3 Å². The Kier molecular flexibility index (Phi) is 7.16. The van der Waals surface area contributed by atoms with Gasteiger partial charge in [0.25, 0.3) is 0 Å². The van der Waals surface area contributed by atoms with Gasteiger partial charge in [0, 0.05) is 59.4 Å². The smallest absolute Gasteiger partial charge is 0.167 e. The Balaban J connectivity index is 1.03. The van der Waals surface area contributed by atoms with Crippen molar-refractivity contribution in [2.75, 3.05) is 4.90 Å². The molecule has 2 aliphatic rings. The van der Waals surface area contributed by atoms with Gasteiger partial charge in [-0.25, -0.2) is 15.0 Å². The van der Waals surface area contributed by atoms with Crippen LogP contribution in [0, 0.1) is 0 Å². The molecule has 4 heterocycles. The zero-order valence-corrected chi connectivity index (χ0v) is 31.4. The van der Waals surface area contributed by atoms with Crippen LogP contribution in [0.5, 0.6) is 0 Å². The summed E-state index contributed by atoms with van der Waals surface area (Å²) in [5.41, 5.74) is 10.4. The molecule has 0 bridgehead atoms. The lowest BCUT2D eigenvalue weighted by molar-refractivity contribution is 0.669. The Morgan fingerprint density at radius 1 is 0.526 bits per heavy atom. The molecule has 0 amide bonds. The van der Waals surface area contributed by atoms with Crippen LogP contribution in [-0.4, -0.2) is 21.0 Å². The van der Waals surface area contributed by atoms with Gasteiger partial charge in [-0.3, -0.25) is 0 Å². The molecule has 2 unspecified atom stereocenters. The summed E-state index contributed by atoms with van der Waals surface area (Å²) in [7, 11) is 0. The van der Waals surface area contributed by atoms with Crippen LogP contribution in [0.25, 0.3) is 87.4 Å². The third kappa shape index (κ3) is 5.04. The maximum atomic E-state index is 6.83. The highest BCUT2D eigenvalue weighted by atomic mass is 32.1. The van der Waals surface area contributed by atoms with E-state index in [0.29, 0.717) is 17.5 Å². The van der Waals surface area contributed by atoms with Gasteiger partial charge in [0.1, 0.15) is 11.2 Å². The zero-order chi connectivity index (χ0) is 37.5. The first-order valence-electron chi connectivity index (χ1n) is 19.3. The van der Waals surface area contributed by atoms with Gasteiger partial charge in [-0.1, -0.05) is 133 Å². The Labute approximate surface area is 332 Å². The van der Waals surface area contributed by atoms with Gasteiger partial charge >= 0.3 is 0 Å². The Bertz CT molecular complexity index is 3270.